The molecule has 0 saturated carbocycles. The summed E-state index contributed by atoms with van der Waals surface area (Å²) in [7, 11) is 0. The molecule has 0 atom stereocenters. The van der Waals surface area contributed by atoms with Crippen LogP contribution in [0.4, 0.5) is 0 Å². The Bertz CT molecular complexity index is 806. The molecule has 2 heterocycles. The number of aromatic nitrogens is 2. The summed E-state index contributed by atoms with van der Waals surface area (Å²) in [5, 5.41) is 4.20. The first-order valence-electron chi connectivity index (χ1n) is 7.46. The van der Waals surface area contributed by atoms with E-state index in [2.05, 4.69) is 53.0 Å². The van der Waals surface area contributed by atoms with Gasteiger partial charge >= 0.3 is 0 Å². The van der Waals surface area contributed by atoms with Crippen LogP contribution in [-0.4, -0.2) is 15.5 Å². The maximum absolute atomic E-state index is 12.1. The SMILES string of the molecule is CCn1c(CNC(=O)c2ccncc2)cc2cc(C)ccc21. The van der Waals surface area contributed by atoms with Gasteiger partial charge in [0.2, 0.25) is 0 Å². The Morgan fingerprint density at radius 2 is 1.95 bits per heavy atom. The van der Waals surface area contributed by atoms with Crippen LogP contribution >= 0.6 is 0 Å². The lowest BCUT2D eigenvalue weighted by molar-refractivity contribution is 0.0950. The van der Waals surface area contributed by atoms with Crippen molar-refractivity contribution in [3.8, 4) is 0 Å². The Balaban J connectivity index is 1.83. The number of amides is 1. The maximum Gasteiger partial charge on any atom is 0.251 e. The van der Waals surface area contributed by atoms with Crippen LogP contribution in [0.2, 0.25) is 0 Å². The Hall–Kier alpha value is -2.62. The third kappa shape index (κ3) is 2.72. The molecule has 4 nitrogen and oxygen atoms in total. The monoisotopic (exact) mass is 293 g/mol. The van der Waals surface area contributed by atoms with Gasteiger partial charge in [0, 0.05) is 41.1 Å². The maximum atomic E-state index is 12.1. The molecule has 0 saturated heterocycles. The summed E-state index contributed by atoms with van der Waals surface area (Å²) in [5.41, 5.74) is 4.20. The van der Waals surface area contributed by atoms with Crippen molar-refractivity contribution in [1.29, 1.82) is 0 Å². The second-order valence-electron chi connectivity index (χ2n) is 5.36. The fourth-order valence-electron chi connectivity index (χ4n) is 2.74. The summed E-state index contributed by atoms with van der Waals surface area (Å²) >= 11 is 0. The molecule has 2 aromatic heterocycles. The molecule has 0 fully saturated rings. The lowest BCUT2D eigenvalue weighted by Crippen LogP contribution is -2.24. The highest BCUT2D eigenvalue weighted by Crippen LogP contribution is 2.21. The van der Waals surface area contributed by atoms with E-state index >= 15 is 0 Å². The third-order valence-corrected chi connectivity index (χ3v) is 3.83. The second-order valence-corrected chi connectivity index (χ2v) is 5.36. The van der Waals surface area contributed by atoms with Gasteiger partial charge in [-0.05, 0) is 44.2 Å². The first-order valence-corrected chi connectivity index (χ1v) is 7.46. The van der Waals surface area contributed by atoms with Gasteiger partial charge in [0.05, 0.1) is 6.54 Å². The number of hydrogen-bond donors (Lipinski definition) is 1. The van der Waals surface area contributed by atoms with Crippen molar-refractivity contribution in [1.82, 2.24) is 14.9 Å². The number of benzene rings is 1. The lowest BCUT2D eigenvalue weighted by Gasteiger charge is -2.09. The van der Waals surface area contributed by atoms with Crippen molar-refractivity contribution >= 4 is 16.8 Å². The number of nitrogens with one attached hydrogen (secondary N) is 1. The van der Waals surface area contributed by atoms with E-state index in [9.17, 15) is 4.79 Å². The topological polar surface area (TPSA) is 46.9 Å². The predicted molar refractivity (Wildman–Crippen MR) is 87.8 cm³/mol. The van der Waals surface area contributed by atoms with E-state index in [0.29, 0.717) is 12.1 Å². The lowest BCUT2D eigenvalue weighted by atomic mass is 10.2. The molecule has 0 aliphatic heterocycles. The van der Waals surface area contributed by atoms with Crippen molar-refractivity contribution in [2.45, 2.75) is 26.9 Å². The zero-order chi connectivity index (χ0) is 15.5. The molecule has 0 spiro atoms. The van der Waals surface area contributed by atoms with Crippen LogP contribution in [0.5, 0.6) is 0 Å². The molecular weight excluding hydrogens is 274 g/mol. The number of rotatable bonds is 4. The van der Waals surface area contributed by atoms with E-state index in [1.54, 1.807) is 24.5 Å². The van der Waals surface area contributed by atoms with Crippen molar-refractivity contribution < 1.29 is 4.79 Å². The number of fused-ring (bicyclic) bond motifs is 1. The molecule has 0 unspecified atom stereocenters. The van der Waals surface area contributed by atoms with E-state index in [-0.39, 0.29) is 5.91 Å². The zero-order valence-electron chi connectivity index (χ0n) is 12.8. The van der Waals surface area contributed by atoms with Crippen LogP contribution in [0.25, 0.3) is 10.9 Å². The normalized spacial score (nSPS) is 10.8. The molecule has 112 valence electrons. The van der Waals surface area contributed by atoms with Crippen molar-refractivity contribution in [3.63, 3.8) is 0 Å². The van der Waals surface area contributed by atoms with E-state index < -0.39 is 0 Å². The molecular formula is C18H19N3O. The summed E-state index contributed by atoms with van der Waals surface area (Å²) in [6, 6.07) is 12.0. The molecule has 0 aliphatic rings. The molecule has 1 N–H and O–H groups in total. The third-order valence-electron chi connectivity index (χ3n) is 3.83. The molecule has 4 heteroatoms. The summed E-state index contributed by atoms with van der Waals surface area (Å²) < 4.78 is 2.24. The van der Waals surface area contributed by atoms with E-state index in [1.807, 2.05) is 0 Å². The molecule has 22 heavy (non-hydrogen) atoms. The fourth-order valence-corrected chi connectivity index (χ4v) is 2.74. The second kappa shape index (κ2) is 6.02. The van der Waals surface area contributed by atoms with Crippen LogP contribution in [0.15, 0.2) is 48.8 Å². The average molecular weight is 293 g/mol. The van der Waals surface area contributed by atoms with Gasteiger partial charge in [-0.2, -0.15) is 0 Å². The number of carbonyl (C=O) groups is 1. The molecule has 3 rings (SSSR count). The highest BCUT2D eigenvalue weighted by molar-refractivity contribution is 5.94. The predicted octanol–water partition coefficient (Wildman–Crippen LogP) is 3.29. The molecule has 3 aromatic rings. The quantitative estimate of drug-likeness (QED) is 0.802. The van der Waals surface area contributed by atoms with Gasteiger partial charge in [-0.1, -0.05) is 11.6 Å². The Morgan fingerprint density at radius 3 is 2.68 bits per heavy atom. The van der Waals surface area contributed by atoms with E-state index in [0.717, 1.165) is 12.2 Å². The molecule has 0 aliphatic carbocycles. The Kier molecular flexibility index (Phi) is 3.92. The standard InChI is InChI=1S/C18H19N3O/c1-3-21-16(11-15-10-13(2)4-5-17(15)21)12-20-18(22)14-6-8-19-9-7-14/h4-11H,3,12H2,1-2H3,(H,20,22). The Morgan fingerprint density at radius 1 is 1.18 bits per heavy atom. The number of hydrogen-bond acceptors (Lipinski definition) is 2. The Labute approximate surface area is 129 Å². The van der Waals surface area contributed by atoms with Gasteiger partial charge in [0.15, 0.2) is 0 Å². The van der Waals surface area contributed by atoms with Gasteiger partial charge in [-0.3, -0.25) is 9.78 Å². The van der Waals surface area contributed by atoms with Gasteiger partial charge < -0.3 is 9.88 Å². The van der Waals surface area contributed by atoms with Crippen molar-refractivity contribution in [3.05, 3.63) is 65.6 Å². The highest BCUT2D eigenvalue weighted by Gasteiger charge is 2.10. The summed E-state index contributed by atoms with van der Waals surface area (Å²) in [5.74, 6) is -0.0773. The van der Waals surface area contributed by atoms with Gasteiger partial charge in [0.25, 0.3) is 5.91 Å². The number of nitrogens with zero attached hydrogens (tertiary/aromatic N) is 2. The van der Waals surface area contributed by atoms with Gasteiger partial charge in [0.1, 0.15) is 0 Å². The van der Waals surface area contributed by atoms with Crippen LogP contribution in [0.1, 0.15) is 28.5 Å². The smallest absolute Gasteiger partial charge is 0.251 e. The van der Waals surface area contributed by atoms with E-state index in [1.165, 1.54) is 16.5 Å². The molecule has 0 radical (unpaired) electrons. The van der Waals surface area contributed by atoms with Crippen LogP contribution in [0, 0.1) is 6.92 Å². The number of aryl methyl sites for hydroxylation is 2. The summed E-state index contributed by atoms with van der Waals surface area (Å²) in [4.78, 5) is 16.1. The molecule has 0 bridgehead atoms. The highest BCUT2D eigenvalue weighted by atomic mass is 16.1. The molecule has 1 aromatic carbocycles. The van der Waals surface area contributed by atoms with E-state index in [4.69, 9.17) is 0 Å². The first kappa shape index (κ1) is 14.3. The van der Waals surface area contributed by atoms with Gasteiger partial charge in [-0.15, -0.1) is 0 Å². The van der Waals surface area contributed by atoms with Crippen LogP contribution < -0.4 is 5.32 Å². The summed E-state index contributed by atoms with van der Waals surface area (Å²) in [6.45, 7) is 5.61. The molecule has 1 amide bonds. The first-order chi connectivity index (χ1) is 10.7. The van der Waals surface area contributed by atoms with Crippen LogP contribution in [-0.2, 0) is 13.1 Å². The fraction of sp³-hybridized carbons (Fsp3) is 0.222. The number of pyridine rings is 1. The largest absolute Gasteiger partial charge is 0.346 e. The van der Waals surface area contributed by atoms with Gasteiger partial charge in [-0.25, -0.2) is 0 Å². The number of carbonyl (C=O) groups excluding carboxylic acids is 1. The van der Waals surface area contributed by atoms with Crippen molar-refractivity contribution in [2.75, 3.05) is 0 Å². The summed E-state index contributed by atoms with van der Waals surface area (Å²) in [6.07, 6.45) is 3.25. The minimum Gasteiger partial charge on any atom is -0.346 e. The minimum absolute atomic E-state index is 0.0773. The van der Waals surface area contributed by atoms with Crippen molar-refractivity contribution in [2.24, 2.45) is 0 Å². The minimum atomic E-state index is -0.0773. The van der Waals surface area contributed by atoms with Crippen LogP contribution in [0.3, 0.4) is 0 Å². The average Bonchev–Trinajstić information content (AvgIpc) is 2.89. The zero-order valence-corrected chi connectivity index (χ0v) is 12.8.